The molecule has 1 aliphatic rings. The number of aromatic amines is 1. The summed E-state index contributed by atoms with van der Waals surface area (Å²) in [6.07, 6.45) is -4.32. The van der Waals surface area contributed by atoms with Crippen LogP contribution >= 0.6 is 0 Å². The van der Waals surface area contributed by atoms with E-state index in [1.807, 2.05) is 18.2 Å². The summed E-state index contributed by atoms with van der Waals surface area (Å²) in [6, 6.07) is 12.7. The van der Waals surface area contributed by atoms with Crippen molar-refractivity contribution in [2.45, 2.75) is 19.3 Å². The van der Waals surface area contributed by atoms with E-state index in [4.69, 9.17) is 0 Å². The molecule has 1 fully saturated rings. The maximum absolute atomic E-state index is 12.9. The molecule has 1 aliphatic heterocycles. The predicted molar refractivity (Wildman–Crippen MR) is 104 cm³/mol. The summed E-state index contributed by atoms with van der Waals surface area (Å²) in [5, 5.41) is 0.571. The monoisotopic (exact) mass is 402 g/mol. The lowest BCUT2D eigenvalue weighted by Crippen LogP contribution is -2.45. The van der Waals surface area contributed by atoms with E-state index in [1.165, 1.54) is 12.1 Å². The minimum Gasteiger partial charge on any atom is -0.309 e. The first-order chi connectivity index (χ1) is 13.9. The molecule has 1 saturated heterocycles. The Kier molecular flexibility index (Phi) is 5.38. The molecular formula is C21H21F3N4O. The van der Waals surface area contributed by atoms with Gasteiger partial charge in [-0.05, 0) is 23.8 Å². The number of halogens is 3. The second kappa shape index (κ2) is 7.96. The summed E-state index contributed by atoms with van der Waals surface area (Å²) in [5.74, 6) is 0.625. The number of hydrogen-bond acceptors (Lipinski definition) is 4. The van der Waals surface area contributed by atoms with Crippen LogP contribution in [-0.2, 0) is 19.3 Å². The molecule has 0 atom stereocenters. The number of fused-ring (bicyclic) bond motifs is 1. The third kappa shape index (κ3) is 4.65. The molecule has 3 aromatic rings. The fourth-order valence-electron chi connectivity index (χ4n) is 3.63. The number of H-pyrrole nitrogens is 1. The van der Waals surface area contributed by atoms with Crippen LogP contribution in [0.15, 0.2) is 53.3 Å². The van der Waals surface area contributed by atoms with E-state index in [9.17, 15) is 18.0 Å². The maximum Gasteiger partial charge on any atom is 0.416 e. The fourth-order valence-corrected chi connectivity index (χ4v) is 3.63. The average Bonchev–Trinajstić information content (AvgIpc) is 2.69. The summed E-state index contributed by atoms with van der Waals surface area (Å²) in [6.45, 7) is 4.04. The number of alkyl halides is 3. The summed E-state index contributed by atoms with van der Waals surface area (Å²) >= 11 is 0. The minimum atomic E-state index is -4.32. The molecule has 2 aromatic carbocycles. The molecule has 5 nitrogen and oxygen atoms in total. The molecule has 4 rings (SSSR count). The zero-order valence-corrected chi connectivity index (χ0v) is 15.7. The van der Waals surface area contributed by atoms with Crippen LogP contribution in [0.5, 0.6) is 0 Å². The summed E-state index contributed by atoms with van der Waals surface area (Å²) < 4.78 is 38.6. The molecule has 0 aliphatic carbocycles. The number of aromatic nitrogens is 2. The number of piperazine rings is 1. The third-order valence-electron chi connectivity index (χ3n) is 5.16. The van der Waals surface area contributed by atoms with E-state index >= 15 is 0 Å². The van der Waals surface area contributed by atoms with Crippen LogP contribution in [0, 0.1) is 0 Å². The molecule has 8 heteroatoms. The van der Waals surface area contributed by atoms with Gasteiger partial charge in [-0.3, -0.25) is 14.6 Å². The van der Waals surface area contributed by atoms with Gasteiger partial charge in [-0.1, -0.05) is 30.3 Å². The lowest BCUT2D eigenvalue weighted by atomic mass is 10.1. The van der Waals surface area contributed by atoms with Crippen molar-refractivity contribution in [1.29, 1.82) is 0 Å². The molecule has 0 unspecified atom stereocenters. The molecule has 152 valence electrons. The van der Waals surface area contributed by atoms with Crippen molar-refractivity contribution in [2.24, 2.45) is 0 Å². The van der Waals surface area contributed by atoms with Crippen LogP contribution in [0.3, 0.4) is 0 Å². The van der Waals surface area contributed by atoms with E-state index in [-0.39, 0.29) is 5.56 Å². The van der Waals surface area contributed by atoms with Crippen molar-refractivity contribution < 1.29 is 13.2 Å². The normalized spacial score (nSPS) is 16.4. The number of hydrogen-bond donors (Lipinski definition) is 1. The lowest BCUT2D eigenvalue weighted by Gasteiger charge is -2.34. The van der Waals surface area contributed by atoms with Gasteiger partial charge in [0, 0.05) is 32.7 Å². The van der Waals surface area contributed by atoms with Gasteiger partial charge in [-0.25, -0.2) is 4.98 Å². The number of para-hydroxylation sites is 1. The van der Waals surface area contributed by atoms with E-state index in [1.54, 1.807) is 12.1 Å². The second-order valence-corrected chi connectivity index (χ2v) is 7.28. The smallest absolute Gasteiger partial charge is 0.309 e. The molecule has 0 bridgehead atoms. The van der Waals surface area contributed by atoms with Crippen molar-refractivity contribution in [3.8, 4) is 0 Å². The quantitative estimate of drug-likeness (QED) is 0.728. The lowest BCUT2D eigenvalue weighted by molar-refractivity contribution is -0.137. The average molecular weight is 402 g/mol. The number of nitrogens with one attached hydrogen (secondary N) is 1. The Hall–Kier alpha value is -2.71. The molecule has 1 aromatic heterocycles. The van der Waals surface area contributed by atoms with Gasteiger partial charge >= 0.3 is 6.18 Å². The van der Waals surface area contributed by atoms with Crippen molar-refractivity contribution in [2.75, 3.05) is 26.2 Å². The Morgan fingerprint density at radius 2 is 1.62 bits per heavy atom. The molecule has 0 radical (unpaired) electrons. The maximum atomic E-state index is 12.9. The van der Waals surface area contributed by atoms with Gasteiger partial charge in [0.2, 0.25) is 0 Å². The Morgan fingerprint density at radius 3 is 2.34 bits per heavy atom. The number of benzene rings is 2. The van der Waals surface area contributed by atoms with Crippen LogP contribution in [0.1, 0.15) is 17.0 Å². The van der Waals surface area contributed by atoms with Crippen LogP contribution in [0.25, 0.3) is 10.9 Å². The van der Waals surface area contributed by atoms with Gasteiger partial charge < -0.3 is 4.98 Å². The topological polar surface area (TPSA) is 52.2 Å². The Bertz CT molecular complexity index is 1060. The molecular weight excluding hydrogens is 381 g/mol. The summed E-state index contributed by atoms with van der Waals surface area (Å²) in [5.41, 5.74) is 0.581. The van der Waals surface area contributed by atoms with Crippen LogP contribution in [-0.4, -0.2) is 45.9 Å². The Morgan fingerprint density at radius 1 is 0.931 bits per heavy atom. The minimum absolute atomic E-state index is 0.145. The predicted octanol–water partition coefficient (Wildman–Crippen LogP) is 3.26. The first-order valence-corrected chi connectivity index (χ1v) is 9.47. The zero-order valence-electron chi connectivity index (χ0n) is 15.7. The van der Waals surface area contributed by atoms with E-state index in [0.29, 0.717) is 35.4 Å². The van der Waals surface area contributed by atoms with Crippen molar-refractivity contribution in [3.63, 3.8) is 0 Å². The van der Waals surface area contributed by atoms with Crippen LogP contribution in [0.4, 0.5) is 13.2 Å². The highest BCUT2D eigenvalue weighted by Crippen LogP contribution is 2.29. The molecule has 1 N–H and O–H groups in total. The van der Waals surface area contributed by atoms with E-state index < -0.39 is 11.7 Å². The third-order valence-corrected chi connectivity index (χ3v) is 5.16. The highest BCUT2D eigenvalue weighted by Gasteiger charge is 2.30. The Labute approximate surface area is 165 Å². The SMILES string of the molecule is O=c1[nH]c(CN2CCN(Cc3cccc(C(F)(F)F)c3)CC2)nc2ccccc12. The standard InChI is InChI=1S/C21H21F3N4O/c22-21(23,24)16-5-3-4-15(12-16)13-27-8-10-28(11-9-27)14-19-25-18-7-2-1-6-17(18)20(29)26-19/h1-7,12H,8-11,13-14H2,(H,25,26,29). The van der Waals surface area contributed by atoms with Gasteiger partial charge in [-0.15, -0.1) is 0 Å². The fraction of sp³-hybridized carbons (Fsp3) is 0.333. The van der Waals surface area contributed by atoms with E-state index in [2.05, 4.69) is 19.8 Å². The van der Waals surface area contributed by atoms with Crippen LogP contribution in [0.2, 0.25) is 0 Å². The van der Waals surface area contributed by atoms with Gasteiger partial charge in [0.15, 0.2) is 0 Å². The molecule has 2 heterocycles. The zero-order chi connectivity index (χ0) is 20.4. The summed E-state index contributed by atoms with van der Waals surface area (Å²) in [7, 11) is 0. The molecule has 0 amide bonds. The summed E-state index contributed by atoms with van der Waals surface area (Å²) in [4.78, 5) is 23.9. The van der Waals surface area contributed by atoms with E-state index in [0.717, 1.165) is 32.2 Å². The first-order valence-electron chi connectivity index (χ1n) is 9.47. The van der Waals surface area contributed by atoms with Gasteiger partial charge in [0.25, 0.3) is 5.56 Å². The van der Waals surface area contributed by atoms with Gasteiger partial charge in [-0.2, -0.15) is 13.2 Å². The van der Waals surface area contributed by atoms with Crippen molar-refractivity contribution >= 4 is 10.9 Å². The highest BCUT2D eigenvalue weighted by molar-refractivity contribution is 5.77. The van der Waals surface area contributed by atoms with Crippen molar-refractivity contribution in [1.82, 2.24) is 19.8 Å². The first kappa shape index (κ1) is 19.6. The van der Waals surface area contributed by atoms with Crippen molar-refractivity contribution in [3.05, 3.63) is 75.8 Å². The molecule has 0 spiro atoms. The Balaban J connectivity index is 1.36. The largest absolute Gasteiger partial charge is 0.416 e. The number of nitrogens with zero attached hydrogens (tertiary/aromatic N) is 3. The van der Waals surface area contributed by atoms with Gasteiger partial charge in [0.1, 0.15) is 5.82 Å². The van der Waals surface area contributed by atoms with Crippen LogP contribution < -0.4 is 5.56 Å². The molecule has 0 saturated carbocycles. The number of rotatable bonds is 4. The highest BCUT2D eigenvalue weighted by atomic mass is 19.4. The molecule has 29 heavy (non-hydrogen) atoms. The van der Waals surface area contributed by atoms with Gasteiger partial charge in [0.05, 0.1) is 23.0 Å². The second-order valence-electron chi connectivity index (χ2n) is 7.28.